The van der Waals surface area contributed by atoms with E-state index in [9.17, 15) is 4.79 Å². The molecule has 14 heavy (non-hydrogen) atoms. The number of hydrogen-bond acceptors (Lipinski definition) is 5. The van der Waals surface area contributed by atoms with Crippen LogP contribution in [-0.4, -0.2) is 31.5 Å². The third-order valence-corrected chi connectivity index (χ3v) is 1.56. The van der Waals surface area contributed by atoms with Crippen LogP contribution in [0.5, 0.6) is 0 Å². The van der Waals surface area contributed by atoms with Gasteiger partial charge in [-0.1, -0.05) is 0 Å². The van der Waals surface area contributed by atoms with Crippen molar-refractivity contribution < 1.29 is 4.79 Å². The van der Waals surface area contributed by atoms with Crippen molar-refractivity contribution in [3.05, 3.63) is 5.82 Å². The van der Waals surface area contributed by atoms with Gasteiger partial charge in [0.1, 0.15) is 5.78 Å². The zero-order valence-electron chi connectivity index (χ0n) is 8.69. The van der Waals surface area contributed by atoms with Crippen LogP contribution in [0.2, 0.25) is 0 Å². The summed E-state index contributed by atoms with van der Waals surface area (Å²) in [6, 6.07) is 0. The van der Waals surface area contributed by atoms with Gasteiger partial charge in [-0.05, 0) is 19.1 Å². The van der Waals surface area contributed by atoms with Gasteiger partial charge < -0.3 is 5.73 Å². The summed E-state index contributed by atoms with van der Waals surface area (Å²) in [6.45, 7) is 3.63. The Hall–Kier alpha value is -1.30. The molecule has 1 rings (SSSR count). The Morgan fingerprint density at radius 1 is 1.57 bits per heavy atom. The SMILES string of the molecule is Cn1nnc(CC(=O)CC(C)(C)N)n1. The Kier molecular flexibility index (Phi) is 2.95. The lowest BCUT2D eigenvalue weighted by atomic mass is 9.98. The number of nitrogens with zero attached hydrogens (tertiary/aromatic N) is 4. The van der Waals surface area contributed by atoms with Crippen molar-refractivity contribution in [3.8, 4) is 0 Å². The van der Waals surface area contributed by atoms with Crippen molar-refractivity contribution in [3.63, 3.8) is 0 Å². The summed E-state index contributed by atoms with van der Waals surface area (Å²) in [7, 11) is 1.66. The molecular formula is C8H15N5O. The Labute approximate surface area is 82.5 Å². The van der Waals surface area contributed by atoms with Crippen LogP contribution in [0.25, 0.3) is 0 Å². The number of carbonyl (C=O) groups excluding carboxylic acids is 1. The molecule has 0 fully saturated rings. The minimum atomic E-state index is -0.473. The second-order valence-electron chi connectivity index (χ2n) is 4.08. The van der Waals surface area contributed by atoms with E-state index in [-0.39, 0.29) is 12.2 Å². The third-order valence-electron chi connectivity index (χ3n) is 1.56. The highest BCUT2D eigenvalue weighted by molar-refractivity contribution is 5.81. The van der Waals surface area contributed by atoms with Crippen molar-refractivity contribution in [2.75, 3.05) is 0 Å². The van der Waals surface area contributed by atoms with E-state index >= 15 is 0 Å². The largest absolute Gasteiger partial charge is 0.325 e. The zero-order valence-corrected chi connectivity index (χ0v) is 8.69. The molecule has 6 nitrogen and oxygen atoms in total. The molecule has 0 bridgehead atoms. The van der Waals surface area contributed by atoms with Crippen LogP contribution in [0.3, 0.4) is 0 Å². The number of tetrazole rings is 1. The number of Topliss-reactive ketones (excluding diaryl/α,β-unsaturated/α-hetero) is 1. The van der Waals surface area contributed by atoms with Crippen molar-refractivity contribution in [1.82, 2.24) is 20.2 Å². The first kappa shape index (κ1) is 10.8. The van der Waals surface area contributed by atoms with Gasteiger partial charge in [0.2, 0.25) is 0 Å². The molecule has 6 heteroatoms. The van der Waals surface area contributed by atoms with Gasteiger partial charge in [-0.15, -0.1) is 10.2 Å². The number of aromatic nitrogens is 4. The van der Waals surface area contributed by atoms with E-state index < -0.39 is 5.54 Å². The van der Waals surface area contributed by atoms with Crippen molar-refractivity contribution in [2.24, 2.45) is 12.8 Å². The van der Waals surface area contributed by atoms with Gasteiger partial charge >= 0.3 is 0 Å². The molecule has 0 saturated heterocycles. The maximum absolute atomic E-state index is 11.4. The summed E-state index contributed by atoms with van der Waals surface area (Å²) >= 11 is 0. The second-order valence-corrected chi connectivity index (χ2v) is 4.08. The van der Waals surface area contributed by atoms with Gasteiger partial charge in [0, 0.05) is 12.0 Å². The molecule has 0 aliphatic carbocycles. The molecule has 1 aromatic heterocycles. The summed E-state index contributed by atoms with van der Waals surface area (Å²) in [4.78, 5) is 12.8. The molecule has 0 radical (unpaired) electrons. The fourth-order valence-electron chi connectivity index (χ4n) is 1.14. The lowest BCUT2D eigenvalue weighted by Gasteiger charge is -2.16. The van der Waals surface area contributed by atoms with Gasteiger partial charge in [-0.3, -0.25) is 4.79 Å². The van der Waals surface area contributed by atoms with Crippen LogP contribution in [0.4, 0.5) is 0 Å². The normalized spacial score (nSPS) is 11.7. The minimum absolute atomic E-state index is 0.0329. The quantitative estimate of drug-likeness (QED) is 0.699. The summed E-state index contributed by atoms with van der Waals surface area (Å²) in [6.07, 6.45) is 0.528. The van der Waals surface area contributed by atoms with Gasteiger partial charge in [-0.25, -0.2) is 0 Å². The van der Waals surface area contributed by atoms with Crippen LogP contribution < -0.4 is 5.73 Å². The lowest BCUT2D eigenvalue weighted by molar-refractivity contribution is -0.119. The smallest absolute Gasteiger partial charge is 0.182 e. The van der Waals surface area contributed by atoms with Crippen molar-refractivity contribution in [1.29, 1.82) is 0 Å². The number of hydrogen-bond donors (Lipinski definition) is 1. The monoisotopic (exact) mass is 197 g/mol. The van der Waals surface area contributed by atoms with E-state index in [1.54, 1.807) is 7.05 Å². The number of ketones is 1. The van der Waals surface area contributed by atoms with E-state index in [0.717, 1.165) is 0 Å². The molecule has 0 unspecified atom stereocenters. The van der Waals surface area contributed by atoms with E-state index in [1.807, 2.05) is 13.8 Å². The first-order valence-electron chi connectivity index (χ1n) is 4.40. The average molecular weight is 197 g/mol. The molecule has 0 aliphatic rings. The molecule has 78 valence electrons. The Morgan fingerprint density at radius 2 is 2.21 bits per heavy atom. The van der Waals surface area contributed by atoms with Gasteiger partial charge in [0.15, 0.2) is 5.82 Å². The number of nitrogens with two attached hydrogens (primary N) is 1. The molecule has 1 aromatic rings. The lowest BCUT2D eigenvalue weighted by Crippen LogP contribution is -2.35. The molecule has 2 N–H and O–H groups in total. The molecule has 0 aliphatic heterocycles. The third kappa shape index (κ3) is 3.61. The topological polar surface area (TPSA) is 86.7 Å². The molecule has 0 aromatic carbocycles. The average Bonchev–Trinajstić information content (AvgIpc) is 2.30. The highest BCUT2D eigenvalue weighted by atomic mass is 16.1. The van der Waals surface area contributed by atoms with Crippen LogP contribution in [0, 0.1) is 0 Å². The van der Waals surface area contributed by atoms with E-state index in [0.29, 0.717) is 12.2 Å². The summed E-state index contributed by atoms with van der Waals surface area (Å²) in [5.74, 6) is 0.479. The zero-order chi connectivity index (χ0) is 10.8. The van der Waals surface area contributed by atoms with Gasteiger partial charge in [-0.2, -0.15) is 4.80 Å². The number of carbonyl (C=O) groups is 1. The second kappa shape index (κ2) is 3.83. The molecule has 1 heterocycles. The van der Waals surface area contributed by atoms with Gasteiger partial charge in [0.05, 0.1) is 13.5 Å². The number of aryl methyl sites for hydroxylation is 1. The first-order chi connectivity index (χ1) is 6.37. The van der Waals surface area contributed by atoms with Crippen molar-refractivity contribution in [2.45, 2.75) is 32.2 Å². The molecule has 0 saturated carbocycles. The van der Waals surface area contributed by atoms with Crippen molar-refractivity contribution >= 4 is 5.78 Å². The summed E-state index contributed by atoms with van der Waals surface area (Å²) in [5, 5.41) is 11.3. The van der Waals surface area contributed by atoms with E-state index in [1.165, 1.54) is 4.80 Å². The Bertz CT molecular complexity index is 325. The maximum Gasteiger partial charge on any atom is 0.182 e. The summed E-state index contributed by atoms with van der Waals surface area (Å²) < 4.78 is 0. The fraction of sp³-hybridized carbons (Fsp3) is 0.750. The minimum Gasteiger partial charge on any atom is -0.325 e. The summed E-state index contributed by atoms with van der Waals surface area (Å²) in [5.41, 5.74) is 5.24. The predicted octanol–water partition coefficient (Wildman–Crippen LogP) is -0.551. The number of rotatable bonds is 4. The molecule has 0 amide bonds. The van der Waals surface area contributed by atoms with E-state index in [2.05, 4.69) is 15.4 Å². The van der Waals surface area contributed by atoms with Crippen LogP contribution in [-0.2, 0) is 18.3 Å². The van der Waals surface area contributed by atoms with Crippen LogP contribution in [0.15, 0.2) is 0 Å². The van der Waals surface area contributed by atoms with E-state index in [4.69, 9.17) is 5.73 Å². The highest BCUT2D eigenvalue weighted by Crippen LogP contribution is 2.05. The fourth-order valence-corrected chi connectivity index (χ4v) is 1.14. The first-order valence-corrected chi connectivity index (χ1v) is 4.40. The Balaban J connectivity index is 2.50. The molecule has 0 atom stereocenters. The van der Waals surface area contributed by atoms with Crippen LogP contribution in [0.1, 0.15) is 26.1 Å². The Morgan fingerprint density at radius 3 is 2.64 bits per heavy atom. The molecule has 0 spiro atoms. The molecular weight excluding hydrogens is 182 g/mol. The standard InChI is InChI=1S/C8H15N5O/c1-8(2,9)5-6(14)4-7-10-12-13(3)11-7/h4-5,9H2,1-3H3. The highest BCUT2D eigenvalue weighted by Gasteiger charge is 2.17. The predicted molar refractivity (Wildman–Crippen MR) is 50.4 cm³/mol. The maximum atomic E-state index is 11.4. The van der Waals surface area contributed by atoms with Gasteiger partial charge in [0.25, 0.3) is 0 Å². The van der Waals surface area contributed by atoms with Crippen LogP contribution >= 0.6 is 0 Å².